The summed E-state index contributed by atoms with van der Waals surface area (Å²) in [6.07, 6.45) is 0. The van der Waals surface area contributed by atoms with E-state index in [1.165, 1.54) is 4.90 Å². The molecule has 0 saturated carbocycles. The summed E-state index contributed by atoms with van der Waals surface area (Å²) in [6, 6.07) is 9.02. The third-order valence-electron chi connectivity index (χ3n) is 2.67. The highest BCUT2D eigenvalue weighted by atomic mass is 16.4. The van der Waals surface area contributed by atoms with Gasteiger partial charge in [0.05, 0.1) is 0 Å². The van der Waals surface area contributed by atoms with Crippen LogP contribution in [0.25, 0.3) is 0 Å². The number of hydrogen-bond acceptors (Lipinski definition) is 2. The number of carboxylic acid groups (broad SMARTS) is 1. The Balaban J connectivity index is 2.92. The number of rotatable bonds is 4. The zero-order valence-electron chi connectivity index (χ0n) is 10.3. The van der Waals surface area contributed by atoms with E-state index in [-0.39, 0.29) is 5.92 Å². The fraction of sp³-hybridized carbons (Fsp3) is 0.385. The molecular formula is C13H17NO3. The zero-order valence-corrected chi connectivity index (χ0v) is 10.3. The van der Waals surface area contributed by atoms with Crippen LogP contribution in [0.5, 0.6) is 0 Å². The highest BCUT2D eigenvalue weighted by Crippen LogP contribution is 2.19. The van der Waals surface area contributed by atoms with Crippen LogP contribution < -0.4 is 4.90 Å². The summed E-state index contributed by atoms with van der Waals surface area (Å²) < 4.78 is 0. The summed E-state index contributed by atoms with van der Waals surface area (Å²) in [7, 11) is 1.59. The van der Waals surface area contributed by atoms with E-state index in [0.717, 1.165) is 0 Å². The van der Waals surface area contributed by atoms with Crippen molar-refractivity contribution in [1.82, 2.24) is 0 Å². The lowest BCUT2D eigenvalue weighted by atomic mass is 9.94. The molecule has 1 rings (SSSR count). The molecule has 0 aromatic heterocycles. The lowest BCUT2D eigenvalue weighted by Crippen LogP contribution is -2.39. The van der Waals surface area contributed by atoms with Gasteiger partial charge in [-0.05, 0) is 18.1 Å². The number of hydrogen-bond donors (Lipinski definition) is 1. The zero-order chi connectivity index (χ0) is 13.0. The van der Waals surface area contributed by atoms with E-state index in [1.807, 2.05) is 18.2 Å². The average Bonchev–Trinajstić information content (AvgIpc) is 2.28. The molecule has 92 valence electrons. The molecule has 0 radical (unpaired) electrons. The quantitative estimate of drug-likeness (QED) is 0.812. The first kappa shape index (κ1) is 13.2. The van der Waals surface area contributed by atoms with E-state index in [4.69, 9.17) is 5.11 Å². The van der Waals surface area contributed by atoms with Crippen LogP contribution in [0.1, 0.15) is 13.8 Å². The molecule has 1 N–H and O–H groups in total. The van der Waals surface area contributed by atoms with Crippen molar-refractivity contribution in [2.24, 2.45) is 11.8 Å². The Morgan fingerprint density at radius 2 is 1.71 bits per heavy atom. The molecule has 0 spiro atoms. The van der Waals surface area contributed by atoms with Crippen molar-refractivity contribution in [2.45, 2.75) is 13.8 Å². The van der Waals surface area contributed by atoms with E-state index in [2.05, 4.69) is 0 Å². The number of nitrogens with zero attached hydrogens (tertiary/aromatic N) is 1. The van der Waals surface area contributed by atoms with Crippen molar-refractivity contribution in [3.63, 3.8) is 0 Å². The van der Waals surface area contributed by atoms with Gasteiger partial charge in [0, 0.05) is 12.7 Å². The summed E-state index contributed by atoms with van der Waals surface area (Å²) in [4.78, 5) is 24.5. The molecular weight excluding hydrogens is 218 g/mol. The molecule has 4 heteroatoms. The molecule has 1 aromatic rings. The van der Waals surface area contributed by atoms with Gasteiger partial charge in [-0.15, -0.1) is 0 Å². The monoisotopic (exact) mass is 235 g/mol. The van der Waals surface area contributed by atoms with E-state index in [0.29, 0.717) is 5.69 Å². The van der Waals surface area contributed by atoms with Crippen molar-refractivity contribution in [3.8, 4) is 0 Å². The van der Waals surface area contributed by atoms with Gasteiger partial charge in [-0.2, -0.15) is 0 Å². The van der Waals surface area contributed by atoms with Crippen LogP contribution in [0, 0.1) is 11.8 Å². The third-order valence-corrected chi connectivity index (χ3v) is 2.67. The number of carbonyl (C=O) groups excluding carboxylic acids is 1. The second kappa shape index (κ2) is 5.48. The molecule has 1 atom stereocenters. The molecule has 1 aromatic carbocycles. The summed E-state index contributed by atoms with van der Waals surface area (Å²) in [5.41, 5.74) is 0.699. The first-order chi connectivity index (χ1) is 7.95. The summed E-state index contributed by atoms with van der Waals surface area (Å²) in [5, 5.41) is 9.06. The van der Waals surface area contributed by atoms with Crippen molar-refractivity contribution >= 4 is 17.6 Å². The van der Waals surface area contributed by atoms with Crippen LogP contribution in [0.2, 0.25) is 0 Å². The van der Waals surface area contributed by atoms with Gasteiger partial charge >= 0.3 is 5.97 Å². The van der Waals surface area contributed by atoms with Gasteiger partial charge in [-0.25, -0.2) is 0 Å². The number of amides is 1. The van der Waals surface area contributed by atoms with E-state index in [9.17, 15) is 9.59 Å². The Bertz CT molecular complexity index is 400. The number of benzene rings is 1. The maximum Gasteiger partial charge on any atom is 0.316 e. The van der Waals surface area contributed by atoms with Gasteiger partial charge < -0.3 is 10.0 Å². The molecule has 0 aliphatic carbocycles. The summed E-state index contributed by atoms with van der Waals surface area (Å²) >= 11 is 0. The summed E-state index contributed by atoms with van der Waals surface area (Å²) in [5.74, 6) is -2.70. The number of aliphatic carboxylic acids is 1. The Hall–Kier alpha value is -1.84. The minimum absolute atomic E-state index is 0.230. The minimum Gasteiger partial charge on any atom is -0.481 e. The molecule has 0 aliphatic heterocycles. The van der Waals surface area contributed by atoms with Gasteiger partial charge in [-0.1, -0.05) is 32.0 Å². The smallest absolute Gasteiger partial charge is 0.316 e. The second-order valence-electron chi connectivity index (χ2n) is 4.29. The van der Waals surface area contributed by atoms with Crippen molar-refractivity contribution in [1.29, 1.82) is 0 Å². The first-order valence-corrected chi connectivity index (χ1v) is 5.50. The van der Waals surface area contributed by atoms with Crippen molar-refractivity contribution in [2.75, 3.05) is 11.9 Å². The lowest BCUT2D eigenvalue weighted by molar-refractivity contribution is -0.147. The lowest BCUT2D eigenvalue weighted by Gasteiger charge is -2.23. The van der Waals surface area contributed by atoms with E-state index >= 15 is 0 Å². The predicted molar refractivity (Wildman–Crippen MR) is 65.8 cm³/mol. The SMILES string of the molecule is CC(C)C(C(=O)O)C(=O)N(C)c1ccccc1. The normalized spacial score (nSPS) is 12.2. The molecule has 1 amide bonds. The minimum atomic E-state index is -1.08. The first-order valence-electron chi connectivity index (χ1n) is 5.50. The van der Waals surface area contributed by atoms with E-state index in [1.54, 1.807) is 33.0 Å². The summed E-state index contributed by atoms with van der Waals surface area (Å²) in [6.45, 7) is 3.46. The Kier molecular flexibility index (Phi) is 4.26. The van der Waals surface area contributed by atoms with Crippen molar-refractivity contribution < 1.29 is 14.7 Å². The van der Waals surface area contributed by atoms with Gasteiger partial charge in [0.1, 0.15) is 5.92 Å². The molecule has 0 saturated heterocycles. The third kappa shape index (κ3) is 3.06. The largest absolute Gasteiger partial charge is 0.481 e. The Morgan fingerprint density at radius 3 is 2.12 bits per heavy atom. The van der Waals surface area contributed by atoms with Crippen molar-refractivity contribution in [3.05, 3.63) is 30.3 Å². The average molecular weight is 235 g/mol. The molecule has 1 unspecified atom stereocenters. The van der Waals surface area contributed by atoms with Gasteiger partial charge in [0.2, 0.25) is 5.91 Å². The highest BCUT2D eigenvalue weighted by molar-refractivity contribution is 6.05. The molecule has 0 bridgehead atoms. The van der Waals surface area contributed by atoms with Crippen LogP contribution in [0.15, 0.2) is 30.3 Å². The molecule has 0 aliphatic rings. The molecule has 0 fully saturated rings. The fourth-order valence-corrected chi connectivity index (χ4v) is 1.66. The molecule has 17 heavy (non-hydrogen) atoms. The molecule has 4 nitrogen and oxygen atoms in total. The maximum atomic E-state index is 12.1. The standard InChI is InChI=1S/C13H17NO3/c1-9(2)11(13(16)17)12(15)14(3)10-7-5-4-6-8-10/h4-9,11H,1-3H3,(H,16,17). The number of anilines is 1. The van der Waals surface area contributed by atoms with Crippen LogP contribution >= 0.6 is 0 Å². The Labute approximate surface area is 101 Å². The van der Waals surface area contributed by atoms with Crippen LogP contribution in [-0.4, -0.2) is 24.0 Å². The van der Waals surface area contributed by atoms with Crippen LogP contribution in [-0.2, 0) is 9.59 Å². The van der Waals surface area contributed by atoms with Gasteiger partial charge in [-0.3, -0.25) is 9.59 Å². The number of carboxylic acids is 1. The number of para-hydroxylation sites is 1. The Morgan fingerprint density at radius 1 is 1.18 bits per heavy atom. The number of carbonyl (C=O) groups is 2. The predicted octanol–water partition coefficient (Wildman–Crippen LogP) is 2.01. The van der Waals surface area contributed by atoms with Gasteiger partial charge in [0.15, 0.2) is 0 Å². The van der Waals surface area contributed by atoms with Gasteiger partial charge in [0.25, 0.3) is 0 Å². The topological polar surface area (TPSA) is 57.6 Å². The van der Waals surface area contributed by atoms with Crippen LogP contribution in [0.4, 0.5) is 5.69 Å². The van der Waals surface area contributed by atoms with Crippen LogP contribution in [0.3, 0.4) is 0 Å². The highest BCUT2D eigenvalue weighted by Gasteiger charge is 2.32. The fourth-order valence-electron chi connectivity index (χ4n) is 1.66. The second-order valence-corrected chi connectivity index (χ2v) is 4.29. The van der Waals surface area contributed by atoms with E-state index < -0.39 is 17.8 Å². The molecule has 0 heterocycles. The maximum absolute atomic E-state index is 12.1.